The highest BCUT2D eigenvalue weighted by molar-refractivity contribution is 5.15. The van der Waals surface area contributed by atoms with Crippen LogP contribution in [0.3, 0.4) is 0 Å². The molecule has 0 aromatic heterocycles. The first-order valence-electron chi connectivity index (χ1n) is 8.47. The summed E-state index contributed by atoms with van der Waals surface area (Å²) in [6, 6.07) is 6.90. The lowest BCUT2D eigenvalue weighted by atomic mass is 10.1. The molecule has 0 spiro atoms. The zero-order chi connectivity index (χ0) is 14.9. The van der Waals surface area contributed by atoms with Crippen molar-refractivity contribution in [3.8, 4) is 0 Å². The van der Waals surface area contributed by atoms with Crippen molar-refractivity contribution in [1.29, 1.82) is 0 Å². The molecule has 1 heterocycles. The summed E-state index contributed by atoms with van der Waals surface area (Å²) in [4.78, 5) is 5.06. The predicted octanol–water partition coefficient (Wildman–Crippen LogP) is 3.91. The van der Waals surface area contributed by atoms with E-state index in [0.29, 0.717) is 0 Å². The summed E-state index contributed by atoms with van der Waals surface area (Å²) in [5.74, 6) is -0.150. The lowest BCUT2D eigenvalue weighted by molar-refractivity contribution is 0.214. The van der Waals surface area contributed by atoms with E-state index in [9.17, 15) is 4.39 Å². The van der Waals surface area contributed by atoms with Gasteiger partial charge in [-0.2, -0.15) is 0 Å². The van der Waals surface area contributed by atoms with Gasteiger partial charge in [0.05, 0.1) is 0 Å². The summed E-state index contributed by atoms with van der Waals surface area (Å²) in [5, 5.41) is 0. The molecule has 0 saturated carbocycles. The van der Waals surface area contributed by atoms with Crippen LogP contribution in [0.5, 0.6) is 0 Å². The smallest absolute Gasteiger partial charge is 0.123 e. The molecular weight excluding hydrogens is 263 g/mol. The molecule has 2 nitrogen and oxygen atoms in total. The Labute approximate surface area is 128 Å². The van der Waals surface area contributed by atoms with Crippen molar-refractivity contribution >= 4 is 0 Å². The number of benzene rings is 1. The molecule has 1 aliphatic rings. The van der Waals surface area contributed by atoms with Crippen molar-refractivity contribution in [2.24, 2.45) is 0 Å². The van der Waals surface area contributed by atoms with Crippen molar-refractivity contribution < 1.29 is 4.39 Å². The van der Waals surface area contributed by atoms with Gasteiger partial charge in [-0.25, -0.2) is 4.39 Å². The Balaban J connectivity index is 1.63. The fourth-order valence-electron chi connectivity index (χ4n) is 3.05. The second-order valence-electron chi connectivity index (χ2n) is 6.10. The number of halogens is 1. The topological polar surface area (TPSA) is 6.48 Å². The molecule has 3 heteroatoms. The molecule has 2 rings (SSSR count). The molecule has 0 aliphatic carbocycles. The van der Waals surface area contributed by atoms with Gasteiger partial charge < -0.3 is 4.90 Å². The van der Waals surface area contributed by atoms with E-state index in [4.69, 9.17) is 0 Å². The summed E-state index contributed by atoms with van der Waals surface area (Å²) in [7, 11) is 0. The van der Waals surface area contributed by atoms with Crippen molar-refractivity contribution in [3.05, 3.63) is 35.6 Å². The van der Waals surface area contributed by atoms with Crippen LogP contribution in [-0.2, 0) is 6.54 Å². The van der Waals surface area contributed by atoms with Gasteiger partial charge in [0.1, 0.15) is 5.82 Å². The number of piperidine rings is 1. The summed E-state index contributed by atoms with van der Waals surface area (Å²) >= 11 is 0. The third-order valence-corrected chi connectivity index (χ3v) is 4.41. The highest BCUT2D eigenvalue weighted by atomic mass is 19.1. The molecule has 1 saturated heterocycles. The van der Waals surface area contributed by atoms with Gasteiger partial charge in [0, 0.05) is 6.54 Å². The van der Waals surface area contributed by atoms with Gasteiger partial charge in [-0.3, -0.25) is 4.90 Å². The van der Waals surface area contributed by atoms with E-state index in [2.05, 4.69) is 16.7 Å². The van der Waals surface area contributed by atoms with Gasteiger partial charge >= 0.3 is 0 Å². The van der Waals surface area contributed by atoms with E-state index in [0.717, 1.165) is 19.6 Å². The Hall–Kier alpha value is -0.930. The number of likely N-dealkylation sites (tertiary alicyclic amines) is 1. The maximum atomic E-state index is 12.9. The van der Waals surface area contributed by atoms with Crippen LogP contribution in [0.25, 0.3) is 0 Å². The van der Waals surface area contributed by atoms with E-state index >= 15 is 0 Å². The molecule has 1 aromatic carbocycles. The minimum atomic E-state index is -0.150. The van der Waals surface area contributed by atoms with Gasteiger partial charge in [0.15, 0.2) is 0 Å². The van der Waals surface area contributed by atoms with Gasteiger partial charge in [0.2, 0.25) is 0 Å². The standard InChI is InChI=1S/C18H29FN2/c1-2-20(16-17-8-10-18(19)11-9-17)12-6-7-15-21-13-4-3-5-14-21/h8-11H,2-7,12-16H2,1H3. The van der Waals surface area contributed by atoms with Crippen molar-refractivity contribution in [2.45, 2.75) is 45.6 Å². The lowest BCUT2D eigenvalue weighted by Gasteiger charge is -2.27. The Morgan fingerprint density at radius 3 is 2.43 bits per heavy atom. The van der Waals surface area contributed by atoms with Crippen LogP contribution in [0.15, 0.2) is 24.3 Å². The molecule has 21 heavy (non-hydrogen) atoms. The number of unbranched alkanes of at least 4 members (excludes halogenated alkanes) is 1. The molecule has 0 amide bonds. The number of nitrogens with zero attached hydrogens (tertiary/aromatic N) is 2. The van der Waals surface area contributed by atoms with Crippen molar-refractivity contribution in [1.82, 2.24) is 9.80 Å². The zero-order valence-electron chi connectivity index (χ0n) is 13.4. The second-order valence-corrected chi connectivity index (χ2v) is 6.10. The number of rotatable bonds is 8. The van der Waals surface area contributed by atoms with Gasteiger partial charge in [0.25, 0.3) is 0 Å². The largest absolute Gasteiger partial charge is 0.303 e. The van der Waals surface area contributed by atoms with Crippen LogP contribution >= 0.6 is 0 Å². The average molecular weight is 292 g/mol. The van der Waals surface area contributed by atoms with Crippen LogP contribution in [0.2, 0.25) is 0 Å². The third kappa shape index (κ3) is 6.15. The molecule has 0 N–H and O–H groups in total. The maximum absolute atomic E-state index is 12.9. The van der Waals surface area contributed by atoms with E-state index in [1.54, 1.807) is 12.1 Å². The predicted molar refractivity (Wildman–Crippen MR) is 86.9 cm³/mol. The summed E-state index contributed by atoms with van der Waals surface area (Å²) < 4.78 is 12.9. The summed E-state index contributed by atoms with van der Waals surface area (Å²) in [5.41, 5.74) is 1.20. The molecule has 0 radical (unpaired) electrons. The fourth-order valence-corrected chi connectivity index (χ4v) is 3.05. The van der Waals surface area contributed by atoms with Crippen LogP contribution in [0.1, 0.15) is 44.6 Å². The average Bonchev–Trinajstić information content (AvgIpc) is 2.53. The van der Waals surface area contributed by atoms with Gasteiger partial charge in [-0.05, 0) is 76.1 Å². The Kier molecular flexibility index (Phi) is 7.17. The van der Waals surface area contributed by atoms with Gasteiger partial charge in [-0.15, -0.1) is 0 Å². The molecular formula is C18H29FN2. The van der Waals surface area contributed by atoms with E-state index in [-0.39, 0.29) is 5.82 Å². The Bertz CT molecular complexity index is 385. The first kappa shape index (κ1) is 16.4. The minimum Gasteiger partial charge on any atom is -0.303 e. The van der Waals surface area contributed by atoms with Crippen LogP contribution in [-0.4, -0.2) is 42.5 Å². The fraction of sp³-hybridized carbons (Fsp3) is 0.667. The van der Waals surface area contributed by atoms with Crippen LogP contribution in [0, 0.1) is 5.82 Å². The molecule has 0 bridgehead atoms. The normalized spacial score (nSPS) is 16.5. The van der Waals surface area contributed by atoms with Crippen LogP contribution in [0.4, 0.5) is 4.39 Å². The monoisotopic (exact) mass is 292 g/mol. The summed E-state index contributed by atoms with van der Waals surface area (Å²) in [6.45, 7) is 9.19. The molecule has 1 aromatic rings. The molecule has 0 unspecified atom stereocenters. The highest BCUT2D eigenvalue weighted by Gasteiger charge is 2.09. The minimum absolute atomic E-state index is 0.150. The molecule has 118 valence electrons. The molecule has 1 fully saturated rings. The third-order valence-electron chi connectivity index (χ3n) is 4.41. The first-order valence-corrected chi connectivity index (χ1v) is 8.47. The van der Waals surface area contributed by atoms with Crippen molar-refractivity contribution in [2.75, 3.05) is 32.7 Å². The van der Waals surface area contributed by atoms with Crippen LogP contribution < -0.4 is 0 Å². The number of hydrogen-bond donors (Lipinski definition) is 0. The maximum Gasteiger partial charge on any atom is 0.123 e. The Morgan fingerprint density at radius 2 is 1.76 bits per heavy atom. The Morgan fingerprint density at radius 1 is 1.05 bits per heavy atom. The van der Waals surface area contributed by atoms with E-state index in [1.807, 2.05) is 12.1 Å². The van der Waals surface area contributed by atoms with Crippen molar-refractivity contribution in [3.63, 3.8) is 0 Å². The van der Waals surface area contributed by atoms with E-state index < -0.39 is 0 Å². The number of hydrogen-bond acceptors (Lipinski definition) is 2. The zero-order valence-corrected chi connectivity index (χ0v) is 13.4. The quantitative estimate of drug-likeness (QED) is 0.670. The molecule has 0 atom stereocenters. The van der Waals surface area contributed by atoms with Gasteiger partial charge in [-0.1, -0.05) is 25.5 Å². The van der Waals surface area contributed by atoms with E-state index in [1.165, 1.54) is 57.3 Å². The second kappa shape index (κ2) is 9.16. The highest BCUT2D eigenvalue weighted by Crippen LogP contribution is 2.11. The first-order chi connectivity index (χ1) is 10.3. The molecule has 1 aliphatic heterocycles. The summed E-state index contributed by atoms with van der Waals surface area (Å²) in [6.07, 6.45) is 6.72. The SMILES string of the molecule is CCN(CCCCN1CCCCC1)Cc1ccc(F)cc1. The lowest BCUT2D eigenvalue weighted by Crippen LogP contribution is -2.31.